The zero-order chi connectivity index (χ0) is 39.3. The Morgan fingerprint density at radius 1 is 0.981 bits per heavy atom. The van der Waals surface area contributed by atoms with Crippen molar-refractivity contribution in [2.75, 3.05) is 33.1 Å². The molecule has 2 aromatic carbocycles. The number of β-lactam (4-membered cyclic amide) rings is 1. The van der Waals surface area contributed by atoms with Crippen molar-refractivity contribution in [3.8, 4) is 11.5 Å². The number of hydrogen-bond acceptors (Lipinski definition) is 14. The van der Waals surface area contributed by atoms with Crippen molar-refractivity contribution >= 4 is 51.8 Å². The van der Waals surface area contributed by atoms with Crippen LogP contribution in [0.4, 0.5) is 9.59 Å². The summed E-state index contributed by atoms with van der Waals surface area (Å²) in [6, 6.07) is 12.2. The molecule has 3 aliphatic rings. The average Bonchev–Trinajstić information content (AvgIpc) is 3.64. The predicted octanol–water partition coefficient (Wildman–Crippen LogP) is 1.87. The highest BCUT2D eigenvalue weighted by Gasteiger charge is 2.61. The van der Waals surface area contributed by atoms with Gasteiger partial charge >= 0.3 is 18.2 Å². The van der Waals surface area contributed by atoms with E-state index in [0.717, 1.165) is 0 Å². The smallest absolute Gasteiger partial charge is 0.497 e. The number of ether oxygens (including phenoxy) is 5. The number of nitrogens with one attached hydrogen (secondary N) is 1. The molecule has 4 N–H and O–H groups in total. The number of amides is 3. The lowest BCUT2D eigenvalue weighted by Gasteiger charge is -2.46. The number of sulfonamides is 1. The van der Waals surface area contributed by atoms with Gasteiger partial charge in [-0.1, -0.05) is 31.2 Å². The Bertz CT molecular complexity index is 1890. The van der Waals surface area contributed by atoms with Crippen LogP contribution in [0.5, 0.6) is 11.5 Å². The molecule has 2 aromatic rings. The fraction of sp³-hybridized carbons (Fsp3) is 0.457. The number of likely N-dealkylation sites (tertiary alicyclic amines) is 1. The first-order chi connectivity index (χ1) is 25.6. The van der Waals surface area contributed by atoms with Crippen LogP contribution < -0.4 is 19.9 Å². The van der Waals surface area contributed by atoms with E-state index in [1.165, 1.54) is 42.7 Å². The number of nitrogens with two attached hydrogens (primary N) is 1. The molecule has 5 rings (SSSR count). The minimum absolute atomic E-state index is 0.0369. The van der Waals surface area contributed by atoms with Crippen molar-refractivity contribution in [3.63, 3.8) is 0 Å². The van der Waals surface area contributed by atoms with Crippen LogP contribution in [0.2, 0.25) is 0 Å². The fourth-order valence-corrected chi connectivity index (χ4v) is 9.14. The van der Waals surface area contributed by atoms with Crippen LogP contribution in [0.1, 0.15) is 31.4 Å². The van der Waals surface area contributed by atoms with Crippen molar-refractivity contribution < 1.29 is 61.2 Å². The van der Waals surface area contributed by atoms with Crippen LogP contribution in [0.25, 0.3) is 0 Å². The van der Waals surface area contributed by atoms with Crippen LogP contribution in [0, 0.1) is 11.8 Å². The highest BCUT2D eigenvalue weighted by atomic mass is 32.2. The molecule has 2 fully saturated rings. The fourth-order valence-electron chi connectivity index (χ4n) is 6.65. The van der Waals surface area contributed by atoms with E-state index in [4.69, 9.17) is 29.4 Å². The number of hydrogen-bond donors (Lipinski definition) is 3. The summed E-state index contributed by atoms with van der Waals surface area (Å²) in [5.41, 5.74) is 6.18. The van der Waals surface area contributed by atoms with E-state index >= 15 is 0 Å². The number of nitrogens with zero attached hydrogens (tertiary/aromatic N) is 2. The van der Waals surface area contributed by atoms with Crippen molar-refractivity contribution in [2.24, 2.45) is 17.6 Å². The van der Waals surface area contributed by atoms with Gasteiger partial charge in [0.25, 0.3) is 0 Å². The molecule has 2 saturated heterocycles. The number of carbonyl (C=O) groups is 5. The molecular formula is C35H42N4O13S2. The normalized spacial score (nSPS) is 22.6. The highest BCUT2D eigenvalue weighted by Crippen LogP contribution is 2.52. The van der Waals surface area contributed by atoms with E-state index in [1.54, 1.807) is 55.5 Å². The zero-order valence-corrected chi connectivity index (χ0v) is 31.6. The van der Waals surface area contributed by atoms with Crippen LogP contribution in [-0.4, -0.2) is 110 Å². The molecule has 0 radical (unpaired) electrons. The van der Waals surface area contributed by atoms with Gasteiger partial charge in [-0.2, -0.15) is 0 Å². The minimum atomic E-state index is -4.12. The molecule has 0 saturated carbocycles. The van der Waals surface area contributed by atoms with Crippen molar-refractivity contribution in [3.05, 3.63) is 70.3 Å². The van der Waals surface area contributed by atoms with E-state index in [9.17, 15) is 37.5 Å². The molecule has 19 heteroatoms. The van der Waals surface area contributed by atoms with E-state index in [0.29, 0.717) is 27.5 Å². The van der Waals surface area contributed by atoms with Gasteiger partial charge < -0.3 is 44.3 Å². The number of carbonyl (C=O) groups excluding carboxylic acids is 5. The standard InChI is InChI=1S/C35H42N4O13S2/c1-19-29-28(20(2)40)32(42)39(29)30(33(43)52-35(45)51-17-22-7-11-25(49-4)12-8-22)31(19)53-26-13-23(14-37-54(46,47)18-27(36)41)38(15-26)34(44)50-16-21-5-9-24(48-3)10-6-21/h5-12,19-20,23,26,28-29,37,40H,13-18H2,1-4H3,(H2,36,41)/t19-,20-,23+,26+,28-,29-/m1/s1. The number of esters is 1. The molecule has 0 aliphatic carbocycles. The Morgan fingerprint density at radius 3 is 2.09 bits per heavy atom. The lowest BCUT2D eigenvalue weighted by molar-refractivity contribution is -0.163. The molecule has 6 atom stereocenters. The number of rotatable bonds is 15. The average molecular weight is 791 g/mol. The van der Waals surface area contributed by atoms with Gasteiger partial charge in [0.2, 0.25) is 21.8 Å². The maximum atomic E-state index is 13.6. The van der Waals surface area contributed by atoms with Crippen molar-refractivity contribution in [2.45, 2.75) is 56.9 Å². The number of aliphatic hydroxyl groups excluding tert-OH is 1. The molecule has 0 spiro atoms. The Labute approximate surface area is 316 Å². The SMILES string of the molecule is COc1ccc(COC(=O)OC(=O)C2=C(S[C@H]3C[C@@H](CNS(=O)(=O)CC(N)=O)N(C(=O)OCc4ccc(OC)cc4)C3)[C@H](C)[C@@H]3[C@@H]([C@@H](C)O)C(=O)N23)cc1. The highest BCUT2D eigenvalue weighted by molar-refractivity contribution is 8.03. The van der Waals surface area contributed by atoms with Crippen LogP contribution in [0.3, 0.4) is 0 Å². The first-order valence-electron chi connectivity index (χ1n) is 16.9. The van der Waals surface area contributed by atoms with Gasteiger partial charge in [0.1, 0.15) is 36.2 Å². The summed E-state index contributed by atoms with van der Waals surface area (Å²) in [5.74, 6) is -3.76. The van der Waals surface area contributed by atoms with E-state index in [2.05, 4.69) is 4.72 Å². The van der Waals surface area contributed by atoms with Gasteiger partial charge in [0, 0.05) is 35.2 Å². The number of thioether (sulfide) groups is 1. The van der Waals surface area contributed by atoms with Crippen molar-refractivity contribution in [1.29, 1.82) is 0 Å². The summed E-state index contributed by atoms with van der Waals surface area (Å²) in [6.07, 6.45) is -2.87. The third kappa shape index (κ3) is 9.26. The number of aliphatic hydroxyl groups is 1. The Balaban J connectivity index is 1.34. The lowest BCUT2D eigenvalue weighted by atomic mass is 9.79. The Kier molecular flexibility index (Phi) is 12.8. The number of methoxy groups -OCH3 is 2. The Hall–Kier alpha value is -4.85. The minimum Gasteiger partial charge on any atom is -0.497 e. The first-order valence-corrected chi connectivity index (χ1v) is 19.4. The van der Waals surface area contributed by atoms with Crippen LogP contribution in [0.15, 0.2) is 59.1 Å². The summed E-state index contributed by atoms with van der Waals surface area (Å²) < 4.78 is 53.3. The molecule has 54 heavy (non-hydrogen) atoms. The quantitative estimate of drug-likeness (QED) is 0.133. The first kappa shape index (κ1) is 40.3. The third-order valence-electron chi connectivity index (χ3n) is 9.29. The molecule has 292 valence electrons. The second kappa shape index (κ2) is 17.1. The third-order valence-corrected chi connectivity index (χ3v) is 12.1. The topological polar surface area (TPSA) is 230 Å². The lowest BCUT2D eigenvalue weighted by Crippen LogP contribution is -2.63. The van der Waals surface area contributed by atoms with E-state index in [1.807, 2.05) is 0 Å². The van der Waals surface area contributed by atoms with Gasteiger partial charge in [-0.15, -0.1) is 11.8 Å². The largest absolute Gasteiger partial charge is 0.516 e. The summed E-state index contributed by atoms with van der Waals surface area (Å²) in [7, 11) is -1.09. The number of primary amides is 1. The van der Waals surface area contributed by atoms with Crippen LogP contribution in [-0.2, 0) is 51.8 Å². The van der Waals surface area contributed by atoms with Gasteiger partial charge in [-0.3, -0.25) is 9.59 Å². The van der Waals surface area contributed by atoms with Crippen LogP contribution >= 0.6 is 11.8 Å². The molecule has 3 amide bonds. The van der Waals surface area contributed by atoms with Gasteiger partial charge in [-0.25, -0.2) is 27.5 Å². The summed E-state index contributed by atoms with van der Waals surface area (Å²) >= 11 is 1.18. The van der Waals surface area contributed by atoms with E-state index in [-0.39, 0.29) is 38.4 Å². The molecule has 0 unspecified atom stereocenters. The van der Waals surface area contributed by atoms with Crippen molar-refractivity contribution in [1.82, 2.24) is 14.5 Å². The van der Waals surface area contributed by atoms with Gasteiger partial charge in [0.05, 0.1) is 32.3 Å². The summed E-state index contributed by atoms with van der Waals surface area (Å²) in [4.78, 5) is 67.3. The van der Waals surface area contributed by atoms with Gasteiger partial charge in [-0.05, 0) is 48.7 Å². The predicted molar refractivity (Wildman–Crippen MR) is 192 cm³/mol. The van der Waals surface area contributed by atoms with E-state index < -0.39 is 81.1 Å². The monoisotopic (exact) mass is 790 g/mol. The molecule has 0 aromatic heterocycles. The van der Waals surface area contributed by atoms with Gasteiger partial charge in [0.15, 0.2) is 0 Å². The zero-order valence-electron chi connectivity index (χ0n) is 30.0. The molecular weight excluding hydrogens is 749 g/mol. The molecule has 0 bridgehead atoms. The molecule has 17 nitrogen and oxygen atoms in total. The number of fused-ring (bicyclic) bond motifs is 1. The second-order valence-corrected chi connectivity index (χ2v) is 16.2. The summed E-state index contributed by atoms with van der Waals surface area (Å²) in [5, 5.41) is 9.94. The Morgan fingerprint density at radius 2 is 1.56 bits per heavy atom. The maximum absolute atomic E-state index is 13.6. The summed E-state index contributed by atoms with van der Waals surface area (Å²) in [6.45, 7) is 2.71. The number of benzene rings is 2. The second-order valence-electron chi connectivity index (χ2n) is 13.0. The molecule has 3 aliphatic heterocycles. The maximum Gasteiger partial charge on any atom is 0.516 e. The molecule has 3 heterocycles.